The summed E-state index contributed by atoms with van der Waals surface area (Å²) in [4.78, 5) is 21.3. The van der Waals surface area contributed by atoms with E-state index >= 15 is 0 Å². The number of alkyl halides is 3. The van der Waals surface area contributed by atoms with Crippen LogP contribution in [0.15, 0.2) is 0 Å². The highest BCUT2D eigenvalue weighted by atomic mass is 28.4. The van der Waals surface area contributed by atoms with Gasteiger partial charge in [0.05, 0.1) is 19.3 Å². The van der Waals surface area contributed by atoms with Gasteiger partial charge in [0, 0.05) is 0 Å². The van der Waals surface area contributed by atoms with Crippen LogP contribution in [0.1, 0.15) is 41.0 Å². The molecule has 0 aromatic carbocycles. The molecule has 1 aliphatic rings. The summed E-state index contributed by atoms with van der Waals surface area (Å²) in [6, 6.07) is -0.444. The van der Waals surface area contributed by atoms with E-state index in [1.54, 1.807) is 0 Å². The quantitative estimate of drug-likeness (QED) is 0.488. The van der Waals surface area contributed by atoms with E-state index in [-0.39, 0.29) is 10.8 Å². The maximum Gasteiger partial charge on any atom is 0.490 e. The fourth-order valence-electron chi connectivity index (χ4n) is 1.85. The van der Waals surface area contributed by atoms with Gasteiger partial charge in [-0.15, -0.1) is 0 Å². The molecule has 1 heterocycles. The van der Waals surface area contributed by atoms with Gasteiger partial charge >= 0.3 is 12.1 Å². The number of Topliss-reactive ketones (excluding diaryl/α,β-unsaturated/α-hetero) is 1. The molecule has 10 heteroatoms. The van der Waals surface area contributed by atoms with Gasteiger partial charge in [-0.1, -0.05) is 34.6 Å². The van der Waals surface area contributed by atoms with Crippen molar-refractivity contribution in [3.63, 3.8) is 0 Å². The van der Waals surface area contributed by atoms with E-state index in [0.29, 0.717) is 25.6 Å². The number of hydrogen-bond acceptors (Lipinski definition) is 5. The smallest absolute Gasteiger partial charge is 0.475 e. The van der Waals surface area contributed by atoms with Crippen LogP contribution in [0, 0.1) is 5.92 Å². The number of ether oxygens (including phenoxy) is 1. The van der Waals surface area contributed by atoms with Crippen molar-refractivity contribution in [1.29, 1.82) is 0 Å². The van der Waals surface area contributed by atoms with Crippen molar-refractivity contribution in [3.8, 4) is 0 Å². The molecule has 1 aliphatic heterocycles. The molecule has 1 fully saturated rings. The van der Waals surface area contributed by atoms with E-state index in [0.717, 1.165) is 0 Å². The average Bonchev–Trinajstić information content (AvgIpc) is 3.23. The Morgan fingerprint density at radius 3 is 1.93 bits per heavy atom. The number of aliphatic carboxylic acids is 1. The third-order valence-corrected chi connectivity index (χ3v) is 9.20. The molecule has 1 rings (SSSR count). The zero-order valence-corrected chi connectivity index (χ0v) is 18.1. The van der Waals surface area contributed by atoms with Crippen LogP contribution >= 0.6 is 0 Å². The van der Waals surface area contributed by atoms with Gasteiger partial charge in [0.2, 0.25) is 0 Å². The summed E-state index contributed by atoms with van der Waals surface area (Å²) in [6.07, 6.45) is -4.38. The number of carboxylic acid groups (broad SMARTS) is 1. The van der Waals surface area contributed by atoms with E-state index in [1.165, 1.54) is 0 Å². The molecule has 27 heavy (non-hydrogen) atoms. The molecule has 1 saturated heterocycles. The molecule has 0 bridgehead atoms. The highest BCUT2D eigenvalue weighted by Crippen LogP contribution is 2.39. The predicted molar refractivity (Wildman–Crippen MR) is 98.0 cm³/mol. The molecule has 160 valence electrons. The highest BCUT2D eigenvalue weighted by molar-refractivity contribution is 6.74. The van der Waals surface area contributed by atoms with E-state index in [9.17, 15) is 18.0 Å². The number of carboxylic acids is 1. The lowest BCUT2D eigenvalue weighted by molar-refractivity contribution is -0.192. The van der Waals surface area contributed by atoms with Crippen molar-refractivity contribution in [2.45, 2.75) is 77.0 Å². The van der Waals surface area contributed by atoms with Crippen LogP contribution in [0.4, 0.5) is 13.2 Å². The molecule has 6 nitrogen and oxygen atoms in total. The fourth-order valence-corrected chi connectivity index (χ4v) is 2.88. The number of epoxide rings is 1. The minimum atomic E-state index is -5.08. The van der Waals surface area contributed by atoms with Gasteiger partial charge in [0.1, 0.15) is 0 Å². The Morgan fingerprint density at radius 1 is 1.26 bits per heavy atom. The lowest BCUT2D eigenvalue weighted by atomic mass is 9.94. The van der Waals surface area contributed by atoms with Gasteiger partial charge in [-0.2, -0.15) is 13.2 Å². The van der Waals surface area contributed by atoms with Crippen LogP contribution in [-0.4, -0.2) is 56.2 Å². The van der Waals surface area contributed by atoms with Crippen LogP contribution in [0.3, 0.4) is 0 Å². The van der Waals surface area contributed by atoms with Crippen LogP contribution in [0.25, 0.3) is 0 Å². The fraction of sp³-hybridized carbons (Fsp3) is 0.882. The highest BCUT2D eigenvalue weighted by Gasteiger charge is 2.55. The molecule has 0 radical (unpaired) electrons. The third-order valence-electron chi connectivity index (χ3n) is 4.72. The molecule has 0 saturated carbocycles. The number of halogens is 3. The van der Waals surface area contributed by atoms with Gasteiger partial charge in [-0.25, -0.2) is 4.79 Å². The topological polar surface area (TPSA) is 102 Å². The molecular weight excluding hydrogens is 383 g/mol. The summed E-state index contributed by atoms with van der Waals surface area (Å²) in [5, 5.41) is 7.26. The molecule has 2 atom stereocenters. The van der Waals surface area contributed by atoms with Crippen molar-refractivity contribution >= 4 is 20.1 Å². The van der Waals surface area contributed by atoms with Crippen molar-refractivity contribution in [3.05, 3.63) is 0 Å². The van der Waals surface area contributed by atoms with E-state index in [2.05, 4.69) is 47.7 Å². The normalized spacial score (nSPS) is 21.3. The van der Waals surface area contributed by atoms with Crippen LogP contribution in [0.2, 0.25) is 18.1 Å². The molecular formula is C17H32F3NO5Si. The minimum Gasteiger partial charge on any atom is -0.475 e. The first-order chi connectivity index (χ1) is 11.9. The maximum absolute atomic E-state index is 12.4. The lowest BCUT2D eigenvalue weighted by Crippen LogP contribution is -2.48. The number of nitrogens with two attached hydrogens (primary N) is 1. The number of ketones is 1. The lowest BCUT2D eigenvalue weighted by Gasteiger charge is -2.37. The van der Waals surface area contributed by atoms with Gasteiger partial charge in [-0.05, 0) is 30.5 Å². The second kappa shape index (κ2) is 9.02. The van der Waals surface area contributed by atoms with E-state index < -0.39 is 32.1 Å². The van der Waals surface area contributed by atoms with E-state index in [1.807, 2.05) is 0 Å². The van der Waals surface area contributed by atoms with Crippen LogP contribution in [-0.2, 0) is 18.8 Å². The third kappa shape index (κ3) is 8.28. The summed E-state index contributed by atoms with van der Waals surface area (Å²) in [6.45, 7) is 15.9. The maximum atomic E-state index is 12.4. The summed E-state index contributed by atoms with van der Waals surface area (Å²) in [5.74, 6) is -2.34. The molecule has 0 amide bonds. The van der Waals surface area contributed by atoms with Crippen molar-refractivity contribution in [2.75, 3.05) is 13.2 Å². The summed E-state index contributed by atoms with van der Waals surface area (Å²) in [7, 11) is -1.86. The SMILES string of the molecule is CC(C)C[C@H](N)C(=O)[C@]1(CO[Si](C)(C)C(C)(C)C)CO1.O=C(O)C(F)(F)F. The van der Waals surface area contributed by atoms with Gasteiger partial charge < -0.3 is 20.0 Å². The number of carbonyl (C=O) groups excluding carboxylic acids is 1. The Balaban J connectivity index is 0.000000821. The zero-order valence-electron chi connectivity index (χ0n) is 17.1. The van der Waals surface area contributed by atoms with Crippen molar-refractivity contribution in [2.24, 2.45) is 11.7 Å². The van der Waals surface area contributed by atoms with Crippen LogP contribution in [0.5, 0.6) is 0 Å². The Kier molecular flexibility index (Phi) is 8.69. The second-order valence-corrected chi connectivity index (χ2v) is 13.5. The van der Waals surface area contributed by atoms with Crippen molar-refractivity contribution in [1.82, 2.24) is 0 Å². The Morgan fingerprint density at radius 2 is 1.67 bits per heavy atom. The number of hydrogen-bond donors (Lipinski definition) is 2. The number of carbonyl (C=O) groups is 2. The largest absolute Gasteiger partial charge is 0.490 e. The summed E-state index contributed by atoms with van der Waals surface area (Å²) < 4.78 is 43.3. The zero-order chi connectivity index (χ0) is 21.8. The Hall–Kier alpha value is -0.973. The predicted octanol–water partition coefficient (Wildman–Crippen LogP) is 3.35. The minimum absolute atomic E-state index is 0.00455. The molecule has 3 N–H and O–H groups in total. The molecule has 0 aliphatic carbocycles. The first-order valence-corrected chi connectivity index (χ1v) is 11.6. The first kappa shape index (κ1) is 26.0. The molecule has 0 aromatic rings. The van der Waals surface area contributed by atoms with Crippen molar-refractivity contribution < 1.29 is 37.0 Å². The van der Waals surface area contributed by atoms with E-state index in [4.69, 9.17) is 24.8 Å². The molecule has 0 spiro atoms. The number of rotatable bonds is 7. The standard InChI is InChI=1S/C15H31NO3Si.C2HF3O2/c1-11(2)8-12(16)13(17)15(9-18-15)10-19-20(6,7)14(3,4)5;3-2(4,5)1(6)7/h11-12H,8-10,16H2,1-7H3;(H,6,7)/t12-,15+;/m0./s1. The van der Waals surface area contributed by atoms with Crippen LogP contribution < -0.4 is 5.73 Å². The first-order valence-electron chi connectivity index (χ1n) is 8.73. The van der Waals surface area contributed by atoms with Gasteiger partial charge in [-0.3, -0.25) is 4.79 Å². The summed E-state index contributed by atoms with van der Waals surface area (Å²) in [5.41, 5.74) is 5.24. The van der Waals surface area contributed by atoms with Gasteiger partial charge in [0.25, 0.3) is 0 Å². The Bertz CT molecular complexity index is 526. The average molecular weight is 416 g/mol. The molecule has 0 aromatic heterocycles. The second-order valence-electron chi connectivity index (χ2n) is 8.74. The monoisotopic (exact) mass is 415 g/mol. The van der Waals surface area contributed by atoms with Gasteiger partial charge in [0.15, 0.2) is 19.7 Å². The summed E-state index contributed by atoms with van der Waals surface area (Å²) >= 11 is 0. The Labute approximate surface area is 159 Å². The molecule has 0 unspecified atom stereocenters.